The van der Waals surface area contributed by atoms with E-state index >= 15 is 0 Å². The molecule has 2 rings (SSSR count). The molecule has 0 aliphatic carbocycles. The summed E-state index contributed by atoms with van der Waals surface area (Å²) in [7, 11) is 0. The van der Waals surface area contributed by atoms with Gasteiger partial charge in [0.1, 0.15) is 11.6 Å². The van der Waals surface area contributed by atoms with Gasteiger partial charge in [-0.1, -0.05) is 18.1 Å². The largest absolute Gasteiger partial charge is 0.452 e. The first kappa shape index (κ1) is 12.4. The molecule has 0 saturated carbocycles. The highest BCUT2D eigenvalue weighted by Crippen LogP contribution is 2.09. The lowest BCUT2D eigenvalue weighted by Crippen LogP contribution is -1.89. The second-order valence-corrected chi connectivity index (χ2v) is 3.95. The summed E-state index contributed by atoms with van der Waals surface area (Å²) in [4.78, 5) is 10.7. The molecule has 0 unspecified atom stereocenters. The topological polar surface area (TPSA) is 30.2 Å². The third-order valence-electron chi connectivity index (χ3n) is 2.17. The zero-order valence-electron chi connectivity index (χ0n) is 9.24. The fourth-order valence-corrected chi connectivity index (χ4v) is 1.50. The highest BCUT2D eigenvalue weighted by Gasteiger charge is 2.04. The molecule has 0 N–H and O–H groups in total. The van der Waals surface area contributed by atoms with Crippen LogP contribution in [-0.2, 0) is 11.2 Å². The molecule has 0 spiro atoms. The van der Waals surface area contributed by atoms with E-state index in [4.69, 9.17) is 16.0 Å². The monoisotopic (exact) mass is 262 g/mol. The van der Waals surface area contributed by atoms with E-state index in [2.05, 4.69) is 11.8 Å². The van der Waals surface area contributed by atoms with Crippen LogP contribution in [0.2, 0.25) is 0 Å². The van der Waals surface area contributed by atoms with Crippen molar-refractivity contribution in [3.05, 3.63) is 59.3 Å². The smallest absolute Gasteiger partial charge is 0.229 e. The number of rotatable bonds is 2. The first-order chi connectivity index (χ1) is 8.65. The molecule has 90 valence electrons. The summed E-state index contributed by atoms with van der Waals surface area (Å²) in [6.45, 7) is 0. The Morgan fingerprint density at radius 1 is 1.22 bits per heavy atom. The van der Waals surface area contributed by atoms with Gasteiger partial charge < -0.3 is 4.42 Å². The van der Waals surface area contributed by atoms with Crippen molar-refractivity contribution in [2.24, 2.45) is 0 Å². The zero-order chi connectivity index (χ0) is 13.0. The number of hydrogen-bond acceptors (Lipinski definition) is 2. The predicted molar refractivity (Wildman–Crippen MR) is 65.7 cm³/mol. The van der Waals surface area contributed by atoms with Crippen LogP contribution < -0.4 is 0 Å². The minimum Gasteiger partial charge on any atom is -0.452 e. The van der Waals surface area contributed by atoms with Crippen molar-refractivity contribution in [1.82, 2.24) is 0 Å². The van der Waals surface area contributed by atoms with E-state index < -0.39 is 5.24 Å². The Labute approximate surface area is 108 Å². The van der Waals surface area contributed by atoms with Crippen LogP contribution in [0.15, 0.2) is 40.8 Å². The first-order valence-corrected chi connectivity index (χ1v) is 5.56. The van der Waals surface area contributed by atoms with Gasteiger partial charge in [-0.15, -0.1) is 0 Å². The van der Waals surface area contributed by atoms with Crippen molar-refractivity contribution in [2.45, 2.75) is 6.42 Å². The summed E-state index contributed by atoms with van der Waals surface area (Å²) >= 11 is 5.23. The number of carbonyl (C=O) groups excluding carboxylic acids is 1. The summed E-state index contributed by atoms with van der Waals surface area (Å²) in [6.07, 6.45) is 0.0168. The SMILES string of the molecule is O=C(Cl)Cc1ccc(C#Cc2ccccc2F)o1. The summed E-state index contributed by atoms with van der Waals surface area (Å²) in [5, 5.41) is -0.502. The molecule has 0 radical (unpaired) electrons. The lowest BCUT2D eigenvalue weighted by atomic mass is 10.2. The Balaban J connectivity index is 2.18. The van der Waals surface area contributed by atoms with Gasteiger partial charge in [0.05, 0.1) is 12.0 Å². The molecule has 1 aromatic carbocycles. The molecule has 0 amide bonds. The molecular formula is C14H8ClFO2. The average molecular weight is 263 g/mol. The Bertz CT molecular complexity index is 634. The lowest BCUT2D eigenvalue weighted by molar-refractivity contribution is -0.111. The highest BCUT2D eigenvalue weighted by molar-refractivity contribution is 6.63. The minimum absolute atomic E-state index is 0.0168. The van der Waals surface area contributed by atoms with Crippen molar-refractivity contribution in [3.63, 3.8) is 0 Å². The molecule has 0 fully saturated rings. The van der Waals surface area contributed by atoms with Crippen LogP contribution in [-0.4, -0.2) is 5.24 Å². The van der Waals surface area contributed by atoms with Gasteiger partial charge in [-0.25, -0.2) is 4.39 Å². The van der Waals surface area contributed by atoms with Crippen LogP contribution in [0.1, 0.15) is 17.1 Å². The molecule has 18 heavy (non-hydrogen) atoms. The maximum Gasteiger partial charge on any atom is 0.229 e. The number of furan rings is 1. The summed E-state index contributed by atoms with van der Waals surface area (Å²) in [5.74, 6) is 5.77. The number of carbonyl (C=O) groups is 1. The zero-order valence-corrected chi connectivity index (χ0v) is 10.00. The normalized spacial score (nSPS) is 9.67. The van der Waals surface area contributed by atoms with Gasteiger partial charge in [-0.3, -0.25) is 4.79 Å². The fourth-order valence-electron chi connectivity index (χ4n) is 1.37. The Hall–Kier alpha value is -2.05. The van der Waals surface area contributed by atoms with E-state index in [-0.39, 0.29) is 12.2 Å². The van der Waals surface area contributed by atoms with Gasteiger partial charge in [0, 0.05) is 0 Å². The molecule has 2 nitrogen and oxygen atoms in total. The number of halogens is 2. The average Bonchev–Trinajstić information content (AvgIpc) is 2.75. The fraction of sp³-hybridized carbons (Fsp3) is 0.0714. The molecule has 4 heteroatoms. The van der Waals surface area contributed by atoms with E-state index in [1.807, 2.05) is 0 Å². The molecule has 0 atom stereocenters. The molecule has 1 aromatic heterocycles. The quantitative estimate of drug-likeness (QED) is 0.615. The molecule has 0 aliphatic rings. The molecule has 0 bridgehead atoms. The summed E-state index contributed by atoms with van der Waals surface area (Å²) < 4.78 is 18.5. The molecule has 2 aromatic rings. The molecule has 0 saturated heterocycles. The minimum atomic E-state index is -0.502. The Kier molecular flexibility index (Phi) is 3.81. The van der Waals surface area contributed by atoms with Gasteiger partial charge in [-0.2, -0.15) is 0 Å². The van der Waals surface area contributed by atoms with Crippen molar-refractivity contribution in [3.8, 4) is 11.8 Å². The van der Waals surface area contributed by atoms with E-state index in [0.717, 1.165) is 0 Å². The Morgan fingerprint density at radius 2 is 2.00 bits per heavy atom. The maximum atomic E-state index is 13.3. The second-order valence-electron chi connectivity index (χ2n) is 3.53. The standard InChI is InChI=1S/C14H8ClFO2/c15-14(17)9-12-8-7-11(18-12)6-5-10-3-1-2-4-13(10)16/h1-4,7-8H,9H2. The van der Waals surface area contributed by atoms with Gasteiger partial charge in [0.2, 0.25) is 5.24 Å². The first-order valence-electron chi connectivity index (χ1n) is 5.19. The Morgan fingerprint density at radius 3 is 2.72 bits per heavy atom. The molecule has 0 aliphatic heterocycles. The number of benzene rings is 1. The van der Waals surface area contributed by atoms with Crippen LogP contribution in [0.4, 0.5) is 4.39 Å². The summed E-state index contributed by atoms with van der Waals surface area (Å²) in [5.41, 5.74) is 0.295. The molecular weight excluding hydrogens is 255 g/mol. The molecule has 1 heterocycles. The van der Waals surface area contributed by atoms with Gasteiger partial charge >= 0.3 is 0 Å². The van der Waals surface area contributed by atoms with Crippen molar-refractivity contribution >= 4 is 16.8 Å². The van der Waals surface area contributed by atoms with Crippen LogP contribution in [0.3, 0.4) is 0 Å². The number of hydrogen-bond donors (Lipinski definition) is 0. The van der Waals surface area contributed by atoms with E-state index in [1.165, 1.54) is 6.07 Å². The van der Waals surface area contributed by atoms with Crippen LogP contribution in [0.5, 0.6) is 0 Å². The lowest BCUT2D eigenvalue weighted by Gasteiger charge is -1.90. The van der Waals surface area contributed by atoms with Gasteiger partial charge in [-0.05, 0) is 41.8 Å². The van der Waals surface area contributed by atoms with Crippen LogP contribution in [0, 0.1) is 17.7 Å². The second kappa shape index (κ2) is 5.52. The van der Waals surface area contributed by atoms with Crippen LogP contribution >= 0.6 is 11.6 Å². The van der Waals surface area contributed by atoms with E-state index in [1.54, 1.807) is 30.3 Å². The third kappa shape index (κ3) is 3.22. The van der Waals surface area contributed by atoms with Gasteiger partial charge in [0.25, 0.3) is 0 Å². The van der Waals surface area contributed by atoms with Crippen molar-refractivity contribution in [2.75, 3.05) is 0 Å². The third-order valence-corrected chi connectivity index (χ3v) is 2.30. The maximum absolute atomic E-state index is 13.3. The highest BCUT2D eigenvalue weighted by atomic mass is 35.5. The van der Waals surface area contributed by atoms with Gasteiger partial charge in [0.15, 0.2) is 5.76 Å². The van der Waals surface area contributed by atoms with E-state index in [0.29, 0.717) is 17.1 Å². The predicted octanol–water partition coefficient (Wildman–Crippen LogP) is 3.13. The van der Waals surface area contributed by atoms with Crippen molar-refractivity contribution < 1.29 is 13.6 Å². The summed E-state index contributed by atoms with van der Waals surface area (Å²) in [6, 6.07) is 9.44. The van der Waals surface area contributed by atoms with Crippen LogP contribution in [0.25, 0.3) is 0 Å². The van der Waals surface area contributed by atoms with Crippen molar-refractivity contribution in [1.29, 1.82) is 0 Å². The van der Waals surface area contributed by atoms with E-state index in [9.17, 15) is 9.18 Å².